The average Bonchev–Trinajstić information content (AvgIpc) is 3.20. The Labute approximate surface area is 136 Å². The third-order valence-corrected chi connectivity index (χ3v) is 4.92. The third-order valence-electron chi connectivity index (χ3n) is 4.05. The van der Waals surface area contributed by atoms with Gasteiger partial charge in [0, 0.05) is 15.8 Å². The van der Waals surface area contributed by atoms with Crippen LogP contribution in [0.25, 0.3) is 10.9 Å². The zero-order chi connectivity index (χ0) is 15.8. The molecule has 0 fully saturated rings. The summed E-state index contributed by atoms with van der Waals surface area (Å²) in [5, 5.41) is 8.67. The Morgan fingerprint density at radius 2 is 2.17 bits per heavy atom. The highest BCUT2D eigenvalue weighted by atomic mass is 32.1. The Morgan fingerprint density at radius 3 is 3.00 bits per heavy atom. The monoisotopic (exact) mass is 325 g/mol. The Hall–Kier alpha value is -2.60. The zero-order valence-corrected chi connectivity index (χ0v) is 13.1. The minimum absolute atomic E-state index is 0.157. The summed E-state index contributed by atoms with van der Waals surface area (Å²) in [6.07, 6.45) is 0. The SMILES string of the molecule is O=C1N[C@H](C(=O)NCc2cccs2)Cn2c1cc1ccccc12. The minimum Gasteiger partial charge on any atom is -0.349 e. The number of nitrogens with one attached hydrogen (secondary N) is 2. The zero-order valence-electron chi connectivity index (χ0n) is 12.3. The number of amides is 2. The van der Waals surface area contributed by atoms with Crippen molar-refractivity contribution in [2.45, 2.75) is 19.1 Å². The van der Waals surface area contributed by atoms with E-state index in [2.05, 4.69) is 10.6 Å². The largest absolute Gasteiger partial charge is 0.349 e. The van der Waals surface area contributed by atoms with Gasteiger partial charge in [-0.05, 0) is 23.6 Å². The highest BCUT2D eigenvalue weighted by Crippen LogP contribution is 2.22. The summed E-state index contributed by atoms with van der Waals surface area (Å²) in [6, 6.07) is 13.1. The van der Waals surface area contributed by atoms with E-state index in [-0.39, 0.29) is 11.8 Å². The van der Waals surface area contributed by atoms with Crippen LogP contribution in [-0.4, -0.2) is 22.4 Å². The molecule has 6 heteroatoms. The van der Waals surface area contributed by atoms with Gasteiger partial charge in [0.05, 0.1) is 13.1 Å². The van der Waals surface area contributed by atoms with Gasteiger partial charge in [-0.15, -0.1) is 11.3 Å². The van der Waals surface area contributed by atoms with Crippen LogP contribution < -0.4 is 10.6 Å². The summed E-state index contributed by atoms with van der Waals surface area (Å²) in [5.41, 5.74) is 1.59. The Kier molecular flexibility index (Phi) is 3.38. The molecule has 0 bridgehead atoms. The van der Waals surface area contributed by atoms with Crippen molar-refractivity contribution in [3.05, 3.63) is 58.4 Å². The van der Waals surface area contributed by atoms with Crippen molar-refractivity contribution in [3.8, 4) is 0 Å². The van der Waals surface area contributed by atoms with Gasteiger partial charge in [-0.3, -0.25) is 9.59 Å². The number of carbonyl (C=O) groups excluding carboxylic acids is 2. The van der Waals surface area contributed by atoms with Crippen LogP contribution in [0.5, 0.6) is 0 Å². The molecule has 2 N–H and O–H groups in total. The molecule has 0 spiro atoms. The second kappa shape index (κ2) is 5.55. The fourth-order valence-electron chi connectivity index (χ4n) is 2.91. The number of carbonyl (C=O) groups is 2. The van der Waals surface area contributed by atoms with Crippen LogP contribution in [0, 0.1) is 0 Å². The molecule has 0 unspecified atom stereocenters. The lowest BCUT2D eigenvalue weighted by molar-refractivity contribution is -0.123. The van der Waals surface area contributed by atoms with Gasteiger partial charge < -0.3 is 15.2 Å². The fraction of sp³-hybridized carbons (Fsp3) is 0.176. The number of para-hydroxylation sites is 1. The van der Waals surface area contributed by atoms with Crippen LogP contribution >= 0.6 is 11.3 Å². The van der Waals surface area contributed by atoms with Gasteiger partial charge >= 0.3 is 0 Å². The van der Waals surface area contributed by atoms with Crippen molar-refractivity contribution in [1.29, 1.82) is 0 Å². The highest BCUT2D eigenvalue weighted by Gasteiger charge is 2.30. The second-order valence-corrected chi connectivity index (χ2v) is 6.55. The molecule has 1 aliphatic rings. The first-order valence-electron chi connectivity index (χ1n) is 7.41. The van der Waals surface area contributed by atoms with Gasteiger partial charge in [0.25, 0.3) is 5.91 Å². The maximum Gasteiger partial charge on any atom is 0.268 e. The molecule has 0 aliphatic carbocycles. The fourth-order valence-corrected chi connectivity index (χ4v) is 3.56. The predicted molar refractivity (Wildman–Crippen MR) is 89.4 cm³/mol. The summed E-state index contributed by atoms with van der Waals surface area (Å²) >= 11 is 1.60. The van der Waals surface area contributed by atoms with Gasteiger partial charge in [0.2, 0.25) is 5.91 Å². The number of benzene rings is 1. The van der Waals surface area contributed by atoms with Crippen molar-refractivity contribution < 1.29 is 9.59 Å². The molecule has 1 aliphatic heterocycles. The van der Waals surface area contributed by atoms with E-state index in [1.807, 2.05) is 52.4 Å². The Morgan fingerprint density at radius 1 is 1.30 bits per heavy atom. The number of hydrogen-bond donors (Lipinski definition) is 2. The van der Waals surface area contributed by atoms with Crippen LogP contribution in [0.1, 0.15) is 15.4 Å². The molecule has 23 heavy (non-hydrogen) atoms. The molecule has 5 nitrogen and oxygen atoms in total. The quantitative estimate of drug-likeness (QED) is 0.775. The summed E-state index contributed by atoms with van der Waals surface area (Å²) in [6.45, 7) is 0.938. The maximum absolute atomic E-state index is 12.4. The van der Waals surface area contributed by atoms with Crippen LogP contribution in [0.3, 0.4) is 0 Å². The topological polar surface area (TPSA) is 63.1 Å². The lowest BCUT2D eigenvalue weighted by Crippen LogP contribution is -2.52. The molecule has 1 aromatic carbocycles. The number of hydrogen-bond acceptors (Lipinski definition) is 3. The van der Waals surface area contributed by atoms with E-state index in [1.54, 1.807) is 11.3 Å². The molecule has 3 aromatic rings. The lowest BCUT2D eigenvalue weighted by atomic mass is 10.2. The van der Waals surface area contributed by atoms with Gasteiger partial charge in [-0.2, -0.15) is 0 Å². The van der Waals surface area contributed by atoms with Crippen LogP contribution in [-0.2, 0) is 17.9 Å². The maximum atomic E-state index is 12.4. The minimum atomic E-state index is -0.550. The Bertz CT molecular complexity index is 883. The van der Waals surface area contributed by atoms with Gasteiger partial charge in [-0.1, -0.05) is 24.3 Å². The third kappa shape index (κ3) is 2.51. The molecular formula is C17H15N3O2S. The second-order valence-electron chi connectivity index (χ2n) is 5.52. The molecule has 3 heterocycles. The first kappa shape index (κ1) is 14.0. The molecular weight excluding hydrogens is 310 g/mol. The van der Waals surface area contributed by atoms with E-state index in [9.17, 15) is 9.59 Å². The number of fused-ring (bicyclic) bond motifs is 3. The standard InChI is InChI=1S/C17H15N3O2S/c21-16(18-9-12-5-3-7-23-12)13-10-20-14-6-2-1-4-11(14)8-15(20)17(22)19-13/h1-8,13H,9-10H2,(H,18,21)(H,19,22)/t13-/m0/s1. The molecule has 0 radical (unpaired) electrons. The summed E-state index contributed by atoms with van der Waals surface area (Å²) in [4.78, 5) is 25.8. The van der Waals surface area contributed by atoms with Crippen LogP contribution in [0.4, 0.5) is 0 Å². The molecule has 116 valence electrons. The van der Waals surface area contributed by atoms with Crippen molar-refractivity contribution in [3.63, 3.8) is 0 Å². The number of aromatic nitrogens is 1. The lowest BCUT2D eigenvalue weighted by Gasteiger charge is -2.25. The molecule has 2 aromatic heterocycles. The van der Waals surface area contributed by atoms with Crippen molar-refractivity contribution in [2.75, 3.05) is 0 Å². The van der Waals surface area contributed by atoms with Gasteiger partial charge in [0.15, 0.2) is 0 Å². The van der Waals surface area contributed by atoms with E-state index in [0.717, 1.165) is 15.8 Å². The number of rotatable bonds is 3. The van der Waals surface area contributed by atoms with E-state index >= 15 is 0 Å². The normalized spacial score (nSPS) is 16.9. The van der Waals surface area contributed by atoms with Gasteiger partial charge in [-0.25, -0.2) is 0 Å². The predicted octanol–water partition coefficient (Wildman–Crippen LogP) is 2.13. The molecule has 0 saturated carbocycles. The van der Waals surface area contributed by atoms with Crippen molar-refractivity contribution in [2.24, 2.45) is 0 Å². The number of thiophene rings is 1. The Balaban J connectivity index is 1.56. The molecule has 4 rings (SSSR count). The van der Waals surface area contributed by atoms with E-state index in [1.165, 1.54) is 0 Å². The summed E-state index contributed by atoms with van der Waals surface area (Å²) in [7, 11) is 0. The molecule has 0 saturated heterocycles. The first-order chi connectivity index (χ1) is 11.2. The average molecular weight is 325 g/mol. The van der Waals surface area contributed by atoms with E-state index in [0.29, 0.717) is 18.8 Å². The molecule has 1 atom stereocenters. The summed E-state index contributed by atoms with van der Waals surface area (Å²) < 4.78 is 1.92. The van der Waals surface area contributed by atoms with E-state index in [4.69, 9.17) is 0 Å². The van der Waals surface area contributed by atoms with Crippen LogP contribution in [0.2, 0.25) is 0 Å². The molecule has 2 amide bonds. The van der Waals surface area contributed by atoms with Crippen LogP contribution in [0.15, 0.2) is 47.8 Å². The number of nitrogens with zero attached hydrogens (tertiary/aromatic N) is 1. The summed E-state index contributed by atoms with van der Waals surface area (Å²) in [5.74, 6) is -0.362. The van der Waals surface area contributed by atoms with Crippen molar-refractivity contribution in [1.82, 2.24) is 15.2 Å². The van der Waals surface area contributed by atoms with E-state index < -0.39 is 6.04 Å². The van der Waals surface area contributed by atoms with Crippen molar-refractivity contribution >= 4 is 34.1 Å². The highest BCUT2D eigenvalue weighted by molar-refractivity contribution is 7.09. The first-order valence-corrected chi connectivity index (χ1v) is 8.29. The van der Waals surface area contributed by atoms with Gasteiger partial charge in [0.1, 0.15) is 11.7 Å². The smallest absolute Gasteiger partial charge is 0.268 e.